The van der Waals surface area contributed by atoms with Gasteiger partial charge in [0.05, 0.1) is 16.8 Å². The van der Waals surface area contributed by atoms with Crippen LogP contribution in [0, 0.1) is 0 Å². The number of H-pyrrole nitrogens is 1. The van der Waals surface area contributed by atoms with Crippen LogP contribution in [-0.4, -0.2) is 47.3 Å². The van der Waals surface area contributed by atoms with E-state index in [2.05, 4.69) is 37.8 Å². The first kappa shape index (κ1) is 22.5. The van der Waals surface area contributed by atoms with Gasteiger partial charge in [-0.3, -0.25) is 14.4 Å². The van der Waals surface area contributed by atoms with Gasteiger partial charge in [-0.25, -0.2) is 4.98 Å². The van der Waals surface area contributed by atoms with Crippen molar-refractivity contribution in [3.63, 3.8) is 0 Å². The van der Waals surface area contributed by atoms with E-state index in [1.807, 2.05) is 12.1 Å². The fourth-order valence-electron chi connectivity index (χ4n) is 4.80. The maximum absolute atomic E-state index is 13.0. The van der Waals surface area contributed by atoms with Crippen molar-refractivity contribution >= 4 is 29.2 Å². The smallest absolute Gasteiger partial charge is 0.258 e. The molecular weight excluding hydrogens is 444 g/mol. The number of piperidine rings is 1. The molecule has 1 atom stereocenters. The van der Waals surface area contributed by atoms with E-state index >= 15 is 0 Å². The van der Waals surface area contributed by atoms with E-state index in [9.17, 15) is 14.4 Å². The van der Waals surface area contributed by atoms with Gasteiger partial charge in [-0.2, -0.15) is 0 Å². The molecule has 1 spiro atoms. The number of hydrogen-bond acceptors (Lipinski definition) is 5. The molecule has 3 aromatic rings. The zero-order valence-electron chi connectivity index (χ0n) is 19.1. The predicted octanol–water partition coefficient (Wildman–Crippen LogP) is 2.82. The Kier molecular flexibility index (Phi) is 5.92. The lowest BCUT2D eigenvalue weighted by Crippen LogP contribution is -2.54. The number of pyridine rings is 1. The molecule has 5 N–H and O–H groups in total. The molecule has 0 saturated carbocycles. The maximum Gasteiger partial charge on any atom is 0.258 e. The van der Waals surface area contributed by atoms with E-state index in [1.54, 1.807) is 36.5 Å². The summed E-state index contributed by atoms with van der Waals surface area (Å²) in [6.07, 6.45) is 4.79. The first-order chi connectivity index (χ1) is 17.0. The van der Waals surface area contributed by atoms with Gasteiger partial charge in [-0.1, -0.05) is 18.7 Å². The first-order valence-electron chi connectivity index (χ1n) is 11.5. The minimum Gasteiger partial charge on any atom is -0.357 e. The van der Waals surface area contributed by atoms with Gasteiger partial charge in [-0.15, -0.1) is 0 Å². The Morgan fingerprint density at radius 2 is 1.97 bits per heavy atom. The lowest BCUT2D eigenvalue weighted by molar-refractivity contribution is -0.111. The molecule has 0 aliphatic carbocycles. The van der Waals surface area contributed by atoms with Crippen molar-refractivity contribution in [3.05, 3.63) is 78.1 Å². The SMILES string of the molecule is C=CC(=O)Nc1ccccc1C(=O)Nc1cc(-c2cc3c([nH]2)C2(CCCNC2)CNC3=O)ccn1. The quantitative estimate of drug-likeness (QED) is 0.367. The number of hydrogen-bond donors (Lipinski definition) is 5. The summed E-state index contributed by atoms with van der Waals surface area (Å²) in [4.78, 5) is 45.1. The van der Waals surface area contributed by atoms with E-state index in [4.69, 9.17) is 0 Å². The number of rotatable bonds is 5. The number of benzene rings is 1. The molecule has 1 saturated heterocycles. The van der Waals surface area contributed by atoms with Crippen LogP contribution in [0.15, 0.2) is 61.3 Å². The fraction of sp³-hybridized carbons (Fsp3) is 0.231. The van der Waals surface area contributed by atoms with Gasteiger partial charge in [0.1, 0.15) is 5.82 Å². The zero-order chi connectivity index (χ0) is 24.4. The molecule has 178 valence electrons. The number of para-hydroxylation sites is 1. The van der Waals surface area contributed by atoms with Gasteiger partial charge in [0.15, 0.2) is 0 Å². The largest absolute Gasteiger partial charge is 0.357 e. The Morgan fingerprint density at radius 3 is 2.77 bits per heavy atom. The van der Waals surface area contributed by atoms with Crippen molar-refractivity contribution in [1.82, 2.24) is 20.6 Å². The van der Waals surface area contributed by atoms with Crippen LogP contribution in [0.1, 0.15) is 39.3 Å². The maximum atomic E-state index is 13.0. The Balaban J connectivity index is 1.42. The highest BCUT2D eigenvalue weighted by atomic mass is 16.2. The van der Waals surface area contributed by atoms with Crippen LogP contribution in [0.3, 0.4) is 0 Å². The monoisotopic (exact) mass is 470 g/mol. The third kappa shape index (κ3) is 4.33. The summed E-state index contributed by atoms with van der Waals surface area (Å²) in [5.74, 6) is -0.550. The van der Waals surface area contributed by atoms with Crippen LogP contribution >= 0.6 is 0 Å². The molecule has 1 fully saturated rings. The van der Waals surface area contributed by atoms with Crippen molar-refractivity contribution in [2.75, 3.05) is 30.3 Å². The number of anilines is 2. The van der Waals surface area contributed by atoms with Crippen LogP contribution in [0.4, 0.5) is 11.5 Å². The Labute approximate surface area is 202 Å². The number of amides is 3. The van der Waals surface area contributed by atoms with Crippen molar-refractivity contribution in [2.24, 2.45) is 0 Å². The van der Waals surface area contributed by atoms with E-state index < -0.39 is 11.8 Å². The number of nitrogens with one attached hydrogen (secondary N) is 5. The summed E-state index contributed by atoms with van der Waals surface area (Å²) in [7, 11) is 0. The normalized spacial score (nSPS) is 18.9. The summed E-state index contributed by atoms with van der Waals surface area (Å²) >= 11 is 0. The number of aromatic amines is 1. The molecular formula is C26H26N6O3. The van der Waals surface area contributed by atoms with Crippen molar-refractivity contribution < 1.29 is 14.4 Å². The summed E-state index contributed by atoms with van der Waals surface area (Å²) < 4.78 is 0. The highest BCUT2D eigenvalue weighted by Gasteiger charge is 2.42. The molecule has 1 unspecified atom stereocenters. The average Bonchev–Trinajstić information content (AvgIpc) is 3.35. The standard InChI is InChI=1S/C26H26N6O3/c1-2-22(33)30-19-7-4-3-6-17(19)25(35)32-21-12-16(8-11-28-21)20-13-18-23(31-20)26(15-29-24(18)34)9-5-10-27-14-26/h2-4,6-8,11-13,27,31H,1,5,9-10,14-15H2,(H,29,34)(H,30,33)(H,28,32,35). The summed E-state index contributed by atoms with van der Waals surface area (Å²) in [6.45, 7) is 5.83. The van der Waals surface area contributed by atoms with E-state index in [0.29, 0.717) is 29.2 Å². The zero-order valence-corrected chi connectivity index (χ0v) is 19.1. The van der Waals surface area contributed by atoms with Gasteiger partial charge in [0.2, 0.25) is 5.91 Å². The molecule has 3 amide bonds. The van der Waals surface area contributed by atoms with Crippen LogP contribution < -0.4 is 21.3 Å². The lowest BCUT2D eigenvalue weighted by Gasteiger charge is -2.40. The number of carbonyl (C=O) groups is 3. The van der Waals surface area contributed by atoms with Gasteiger partial charge in [-0.05, 0) is 55.8 Å². The topological polar surface area (TPSA) is 128 Å². The molecule has 4 heterocycles. The molecule has 9 nitrogen and oxygen atoms in total. The number of carbonyl (C=O) groups excluding carboxylic acids is 3. The predicted molar refractivity (Wildman–Crippen MR) is 133 cm³/mol. The average molecular weight is 471 g/mol. The minimum absolute atomic E-state index is 0.0838. The van der Waals surface area contributed by atoms with Crippen LogP contribution in [0.5, 0.6) is 0 Å². The third-order valence-electron chi connectivity index (χ3n) is 6.58. The van der Waals surface area contributed by atoms with Crippen LogP contribution in [0.25, 0.3) is 11.3 Å². The van der Waals surface area contributed by atoms with Gasteiger partial charge < -0.3 is 26.3 Å². The number of aromatic nitrogens is 2. The lowest BCUT2D eigenvalue weighted by atomic mass is 9.74. The molecule has 5 rings (SSSR count). The molecule has 35 heavy (non-hydrogen) atoms. The number of fused-ring (bicyclic) bond motifs is 2. The van der Waals surface area contributed by atoms with E-state index in [0.717, 1.165) is 49.0 Å². The second-order valence-corrected chi connectivity index (χ2v) is 8.84. The van der Waals surface area contributed by atoms with Crippen molar-refractivity contribution in [2.45, 2.75) is 18.3 Å². The van der Waals surface area contributed by atoms with E-state index in [1.165, 1.54) is 0 Å². The molecule has 0 bridgehead atoms. The summed E-state index contributed by atoms with van der Waals surface area (Å²) in [6, 6.07) is 12.1. The number of nitrogens with zero attached hydrogens (tertiary/aromatic N) is 1. The molecule has 2 aliphatic heterocycles. The Bertz CT molecular complexity index is 1320. The fourth-order valence-corrected chi connectivity index (χ4v) is 4.80. The van der Waals surface area contributed by atoms with Gasteiger partial charge >= 0.3 is 0 Å². The highest BCUT2D eigenvalue weighted by Crippen LogP contribution is 2.37. The Hall–Kier alpha value is -4.24. The second-order valence-electron chi connectivity index (χ2n) is 8.84. The van der Waals surface area contributed by atoms with Crippen LogP contribution in [0.2, 0.25) is 0 Å². The molecule has 1 aromatic carbocycles. The van der Waals surface area contributed by atoms with Crippen LogP contribution in [-0.2, 0) is 10.2 Å². The second kappa shape index (κ2) is 9.19. The molecule has 2 aliphatic rings. The van der Waals surface area contributed by atoms with Gasteiger partial charge in [0, 0.05) is 41.7 Å². The van der Waals surface area contributed by atoms with E-state index in [-0.39, 0.29) is 11.3 Å². The summed E-state index contributed by atoms with van der Waals surface area (Å²) in [5.41, 5.74) is 3.72. The summed E-state index contributed by atoms with van der Waals surface area (Å²) in [5, 5.41) is 11.9. The minimum atomic E-state index is -0.410. The third-order valence-corrected chi connectivity index (χ3v) is 6.58. The molecule has 9 heteroatoms. The molecule has 2 aromatic heterocycles. The Morgan fingerprint density at radius 1 is 1.11 bits per heavy atom. The van der Waals surface area contributed by atoms with Gasteiger partial charge in [0.25, 0.3) is 11.8 Å². The first-order valence-corrected chi connectivity index (χ1v) is 11.5. The molecule has 0 radical (unpaired) electrons. The van der Waals surface area contributed by atoms with Crippen molar-refractivity contribution in [1.29, 1.82) is 0 Å². The van der Waals surface area contributed by atoms with Crippen molar-refractivity contribution in [3.8, 4) is 11.3 Å². The highest BCUT2D eigenvalue weighted by molar-refractivity contribution is 6.11.